The minimum atomic E-state index is 0.103. The van der Waals surface area contributed by atoms with Crippen LogP contribution in [0.5, 0.6) is 0 Å². The summed E-state index contributed by atoms with van der Waals surface area (Å²) < 4.78 is 10.9. The van der Waals surface area contributed by atoms with Gasteiger partial charge in [-0.1, -0.05) is 12.0 Å². The second-order valence-corrected chi connectivity index (χ2v) is 5.07. The Balaban J connectivity index is 1.70. The summed E-state index contributed by atoms with van der Waals surface area (Å²) in [4.78, 5) is 0. The summed E-state index contributed by atoms with van der Waals surface area (Å²) in [5.74, 6) is 1.31. The highest BCUT2D eigenvalue weighted by atomic mass is 16.5. The molecule has 2 heterocycles. The van der Waals surface area contributed by atoms with Crippen LogP contribution in [0, 0.1) is 5.92 Å². The Bertz CT molecular complexity index is 363. The first-order valence-corrected chi connectivity index (χ1v) is 7.18. The van der Waals surface area contributed by atoms with Gasteiger partial charge in [-0.2, -0.15) is 0 Å². The fourth-order valence-electron chi connectivity index (χ4n) is 2.12. The molecule has 6 nitrogen and oxygen atoms in total. The van der Waals surface area contributed by atoms with Crippen molar-refractivity contribution in [1.82, 2.24) is 15.5 Å². The second kappa shape index (κ2) is 7.45. The van der Waals surface area contributed by atoms with Gasteiger partial charge in [-0.05, 0) is 38.6 Å². The Hall–Kier alpha value is -1.14. The van der Waals surface area contributed by atoms with Crippen LogP contribution in [-0.4, -0.2) is 36.5 Å². The van der Waals surface area contributed by atoms with Crippen LogP contribution >= 0.6 is 0 Å². The SMILES string of the molecule is CCCNC(C)c1nnc(NCCC2CCOC2)o1. The van der Waals surface area contributed by atoms with Gasteiger partial charge in [0.15, 0.2) is 0 Å². The molecule has 1 aromatic heterocycles. The van der Waals surface area contributed by atoms with Crippen LogP contribution in [0.1, 0.15) is 45.0 Å². The van der Waals surface area contributed by atoms with Crippen LogP contribution in [0.4, 0.5) is 6.01 Å². The van der Waals surface area contributed by atoms with Crippen molar-refractivity contribution < 1.29 is 9.15 Å². The molecule has 1 saturated heterocycles. The van der Waals surface area contributed by atoms with Crippen LogP contribution in [0.2, 0.25) is 0 Å². The van der Waals surface area contributed by atoms with Crippen molar-refractivity contribution >= 4 is 6.01 Å². The molecule has 2 N–H and O–H groups in total. The molecule has 0 saturated carbocycles. The van der Waals surface area contributed by atoms with E-state index in [-0.39, 0.29) is 6.04 Å². The summed E-state index contributed by atoms with van der Waals surface area (Å²) in [5.41, 5.74) is 0. The lowest BCUT2D eigenvalue weighted by atomic mass is 10.1. The van der Waals surface area contributed by atoms with Gasteiger partial charge < -0.3 is 19.8 Å². The van der Waals surface area contributed by atoms with Gasteiger partial charge in [0, 0.05) is 19.8 Å². The third-order valence-corrected chi connectivity index (χ3v) is 3.36. The molecular weight excluding hydrogens is 244 g/mol. The zero-order valence-corrected chi connectivity index (χ0v) is 11.8. The van der Waals surface area contributed by atoms with Crippen molar-refractivity contribution in [2.24, 2.45) is 5.92 Å². The zero-order chi connectivity index (χ0) is 13.5. The molecule has 2 atom stereocenters. The molecule has 0 amide bonds. The van der Waals surface area contributed by atoms with Crippen LogP contribution in [-0.2, 0) is 4.74 Å². The molecular formula is C13H24N4O2. The Labute approximate surface area is 114 Å². The summed E-state index contributed by atoms with van der Waals surface area (Å²) in [6.07, 6.45) is 3.34. The number of aromatic nitrogens is 2. The van der Waals surface area contributed by atoms with Crippen LogP contribution in [0.3, 0.4) is 0 Å². The van der Waals surface area contributed by atoms with Crippen LogP contribution in [0.15, 0.2) is 4.42 Å². The minimum Gasteiger partial charge on any atom is -0.406 e. The average molecular weight is 268 g/mol. The minimum absolute atomic E-state index is 0.103. The maximum Gasteiger partial charge on any atom is 0.315 e. The lowest BCUT2D eigenvalue weighted by molar-refractivity contribution is 0.185. The smallest absolute Gasteiger partial charge is 0.315 e. The molecule has 6 heteroatoms. The largest absolute Gasteiger partial charge is 0.406 e. The van der Waals surface area contributed by atoms with Crippen LogP contribution < -0.4 is 10.6 Å². The Morgan fingerprint density at radius 2 is 2.26 bits per heavy atom. The molecule has 0 aromatic carbocycles. The van der Waals surface area contributed by atoms with E-state index in [9.17, 15) is 0 Å². The molecule has 2 rings (SSSR count). The van der Waals surface area contributed by atoms with E-state index in [1.807, 2.05) is 6.92 Å². The molecule has 1 aliphatic rings. The predicted molar refractivity (Wildman–Crippen MR) is 73.0 cm³/mol. The molecule has 1 aliphatic heterocycles. The highest BCUT2D eigenvalue weighted by molar-refractivity contribution is 5.17. The number of hydrogen-bond donors (Lipinski definition) is 2. The van der Waals surface area contributed by atoms with Gasteiger partial charge in [-0.25, -0.2) is 0 Å². The van der Waals surface area contributed by atoms with E-state index in [2.05, 4.69) is 27.8 Å². The highest BCUT2D eigenvalue weighted by Crippen LogP contribution is 2.17. The molecule has 0 radical (unpaired) electrons. The third-order valence-electron chi connectivity index (χ3n) is 3.36. The van der Waals surface area contributed by atoms with Gasteiger partial charge in [-0.15, -0.1) is 5.10 Å². The second-order valence-electron chi connectivity index (χ2n) is 5.07. The van der Waals surface area contributed by atoms with Gasteiger partial charge in [0.05, 0.1) is 6.04 Å². The Morgan fingerprint density at radius 1 is 1.37 bits per heavy atom. The maximum absolute atomic E-state index is 5.58. The summed E-state index contributed by atoms with van der Waals surface area (Å²) in [6, 6.07) is 0.616. The van der Waals surface area contributed by atoms with Crippen molar-refractivity contribution in [3.8, 4) is 0 Å². The van der Waals surface area contributed by atoms with E-state index in [1.165, 1.54) is 0 Å². The van der Waals surface area contributed by atoms with Gasteiger partial charge in [0.25, 0.3) is 0 Å². The van der Waals surface area contributed by atoms with Gasteiger partial charge in [-0.3, -0.25) is 0 Å². The van der Waals surface area contributed by atoms with Gasteiger partial charge in [0.2, 0.25) is 5.89 Å². The topological polar surface area (TPSA) is 72.2 Å². The quantitative estimate of drug-likeness (QED) is 0.751. The summed E-state index contributed by atoms with van der Waals surface area (Å²) in [6.45, 7) is 7.75. The van der Waals surface area contributed by atoms with E-state index in [0.29, 0.717) is 17.8 Å². The first-order chi connectivity index (χ1) is 9.29. The molecule has 2 unspecified atom stereocenters. The van der Waals surface area contributed by atoms with E-state index in [0.717, 1.165) is 45.6 Å². The molecule has 0 aliphatic carbocycles. The van der Waals surface area contributed by atoms with E-state index in [1.54, 1.807) is 0 Å². The van der Waals surface area contributed by atoms with Crippen LogP contribution in [0.25, 0.3) is 0 Å². The molecule has 19 heavy (non-hydrogen) atoms. The first-order valence-electron chi connectivity index (χ1n) is 7.18. The zero-order valence-electron chi connectivity index (χ0n) is 11.8. The molecule has 1 fully saturated rings. The van der Waals surface area contributed by atoms with Gasteiger partial charge >= 0.3 is 6.01 Å². The van der Waals surface area contributed by atoms with E-state index in [4.69, 9.17) is 9.15 Å². The fraction of sp³-hybridized carbons (Fsp3) is 0.846. The van der Waals surface area contributed by atoms with E-state index >= 15 is 0 Å². The fourth-order valence-corrected chi connectivity index (χ4v) is 2.12. The number of hydrogen-bond acceptors (Lipinski definition) is 6. The Morgan fingerprint density at radius 3 is 3.00 bits per heavy atom. The molecule has 1 aromatic rings. The Kier molecular flexibility index (Phi) is 5.60. The van der Waals surface area contributed by atoms with Crippen molar-refractivity contribution in [3.63, 3.8) is 0 Å². The maximum atomic E-state index is 5.58. The number of anilines is 1. The third kappa shape index (κ3) is 4.47. The first kappa shape index (κ1) is 14.3. The number of rotatable bonds is 8. The monoisotopic (exact) mass is 268 g/mol. The van der Waals surface area contributed by atoms with Crippen molar-refractivity contribution in [2.75, 3.05) is 31.6 Å². The normalized spacial score (nSPS) is 20.6. The average Bonchev–Trinajstić information content (AvgIpc) is 3.07. The summed E-state index contributed by atoms with van der Waals surface area (Å²) in [5, 5.41) is 14.6. The predicted octanol–water partition coefficient (Wildman–Crippen LogP) is 1.97. The van der Waals surface area contributed by atoms with Crippen molar-refractivity contribution in [3.05, 3.63) is 5.89 Å². The standard InChI is InChI=1S/C13H24N4O2/c1-3-6-14-10(2)12-16-17-13(19-12)15-7-4-11-5-8-18-9-11/h10-11,14H,3-9H2,1-2H3,(H,15,17). The van der Waals surface area contributed by atoms with Crippen molar-refractivity contribution in [1.29, 1.82) is 0 Å². The number of nitrogens with zero attached hydrogens (tertiary/aromatic N) is 2. The highest BCUT2D eigenvalue weighted by Gasteiger charge is 2.16. The molecule has 0 spiro atoms. The summed E-state index contributed by atoms with van der Waals surface area (Å²) >= 11 is 0. The summed E-state index contributed by atoms with van der Waals surface area (Å²) in [7, 11) is 0. The van der Waals surface area contributed by atoms with Crippen molar-refractivity contribution in [2.45, 2.75) is 39.2 Å². The lowest BCUT2D eigenvalue weighted by Gasteiger charge is -2.08. The number of ether oxygens (including phenoxy) is 1. The molecule has 0 bridgehead atoms. The van der Waals surface area contributed by atoms with E-state index < -0.39 is 0 Å². The van der Waals surface area contributed by atoms with Gasteiger partial charge in [0.1, 0.15) is 0 Å². The molecule has 108 valence electrons. The number of nitrogens with one attached hydrogen (secondary N) is 2. The lowest BCUT2D eigenvalue weighted by Crippen LogP contribution is -2.19.